The van der Waals surface area contributed by atoms with Gasteiger partial charge in [0.15, 0.2) is 11.5 Å². The van der Waals surface area contributed by atoms with Crippen LogP contribution in [0, 0.1) is 0 Å². The van der Waals surface area contributed by atoms with Gasteiger partial charge in [-0.3, -0.25) is 4.79 Å². The molecule has 0 aromatic heterocycles. The molecule has 162 valence electrons. The van der Waals surface area contributed by atoms with Crippen LogP contribution in [0.3, 0.4) is 0 Å². The standard InChI is InChI=1S/C21H26N2O6S/c1-23-17(21(25)22-16(13-24)9-14-7-5-4-6-8-14)10-15-11-18(28-2)19(29-3)12-20(15)30(23,26)27/h4-8,11-12,16-17,24H,9-10,13H2,1-3H3,(H,22,25)/t16-,17+/m0/s1. The van der Waals surface area contributed by atoms with E-state index in [9.17, 15) is 18.3 Å². The first-order valence-electron chi connectivity index (χ1n) is 9.50. The molecule has 0 saturated heterocycles. The van der Waals surface area contributed by atoms with E-state index >= 15 is 0 Å². The van der Waals surface area contributed by atoms with E-state index in [4.69, 9.17) is 9.47 Å². The highest BCUT2D eigenvalue weighted by Crippen LogP contribution is 2.37. The lowest BCUT2D eigenvalue weighted by Crippen LogP contribution is -2.54. The van der Waals surface area contributed by atoms with Crippen LogP contribution in [-0.2, 0) is 27.7 Å². The first-order valence-corrected chi connectivity index (χ1v) is 10.9. The molecule has 2 aromatic carbocycles. The van der Waals surface area contributed by atoms with Gasteiger partial charge < -0.3 is 19.9 Å². The number of amides is 1. The molecule has 0 spiro atoms. The number of ether oxygens (including phenoxy) is 2. The largest absolute Gasteiger partial charge is 0.493 e. The Kier molecular flexibility index (Phi) is 6.64. The Hall–Kier alpha value is -2.62. The van der Waals surface area contributed by atoms with Crippen LogP contribution in [0.4, 0.5) is 0 Å². The van der Waals surface area contributed by atoms with Crippen molar-refractivity contribution in [2.45, 2.75) is 29.8 Å². The maximum atomic E-state index is 13.0. The molecule has 0 saturated carbocycles. The van der Waals surface area contributed by atoms with E-state index in [1.807, 2.05) is 30.3 Å². The molecular weight excluding hydrogens is 408 g/mol. The Balaban J connectivity index is 1.85. The van der Waals surface area contributed by atoms with Gasteiger partial charge in [0.2, 0.25) is 15.9 Å². The van der Waals surface area contributed by atoms with Gasteiger partial charge in [-0.2, -0.15) is 4.31 Å². The van der Waals surface area contributed by atoms with Crippen LogP contribution in [0.2, 0.25) is 0 Å². The summed E-state index contributed by atoms with van der Waals surface area (Å²) in [5.41, 5.74) is 1.44. The van der Waals surface area contributed by atoms with E-state index < -0.39 is 28.0 Å². The van der Waals surface area contributed by atoms with Crippen molar-refractivity contribution in [3.63, 3.8) is 0 Å². The third-order valence-corrected chi connectivity index (χ3v) is 7.22. The number of likely N-dealkylation sites (N-methyl/N-ethyl adjacent to an activating group) is 1. The highest BCUT2D eigenvalue weighted by atomic mass is 32.2. The summed E-state index contributed by atoms with van der Waals surface area (Å²) in [4.78, 5) is 13.1. The molecule has 0 unspecified atom stereocenters. The number of aliphatic hydroxyl groups excluding tert-OH is 1. The lowest BCUT2D eigenvalue weighted by molar-refractivity contribution is -0.125. The van der Waals surface area contributed by atoms with Gasteiger partial charge in [0.1, 0.15) is 6.04 Å². The summed E-state index contributed by atoms with van der Waals surface area (Å²) in [6.45, 7) is -0.259. The summed E-state index contributed by atoms with van der Waals surface area (Å²) >= 11 is 0. The molecule has 0 bridgehead atoms. The van der Waals surface area contributed by atoms with Gasteiger partial charge in [-0.05, 0) is 30.0 Å². The number of carbonyl (C=O) groups excluding carboxylic acids is 1. The molecular formula is C21H26N2O6S. The van der Waals surface area contributed by atoms with Gasteiger partial charge in [-0.1, -0.05) is 30.3 Å². The summed E-state index contributed by atoms with van der Waals surface area (Å²) in [7, 11) is 0.377. The second-order valence-corrected chi connectivity index (χ2v) is 9.10. The monoisotopic (exact) mass is 434 g/mol. The van der Waals surface area contributed by atoms with Gasteiger partial charge in [0, 0.05) is 13.1 Å². The quantitative estimate of drug-likeness (QED) is 0.673. The van der Waals surface area contributed by atoms with Crippen molar-refractivity contribution in [2.24, 2.45) is 0 Å². The van der Waals surface area contributed by atoms with Crippen molar-refractivity contribution in [1.29, 1.82) is 0 Å². The molecule has 1 aliphatic rings. The summed E-state index contributed by atoms with van der Waals surface area (Å²) < 4.78 is 37.6. The van der Waals surface area contributed by atoms with Gasteiger partial charge in [-0.25, -0.2) is 8.42 Å². The maximum Gasteiger partial charge on any atom is 0.243 e. The molecule has 0 aliphatic carbocycles. The van der Waals surface area contributed by atoms with Gasteiger partial charge in [-0.15, -0.1) is 0 Å². The molecule has 3 rings (SSSR count). The molecule has 0 radical (unpaired) electrons. The zero-order valence-corrected chi connectivity index (χ0v) is 18.0. The molecule has 8 nitrogen and oxygen atoms in total. The third-order valence-electron chi connectivity index (χ3n) is 5.27. The van der Waals surface area contributed by atoms with Crippen molar-refractivity contribution in [2.75, 3.05) is 27.9 Å². The number of carbonyl (C=O) groups is 1. The first-order chi connectivity index (χ1) is 14.3. The molecule has 2 aromatic rings. The van der Waals surface area contributed by atoms with Crippen molar-refractivity contribution in [1.82, 2.24) is 9.62 Å². The van der Waals surface area contributed by atoms with Crippen LogP contribution in [0.15, 0.2) is 47.4 Å². The Morgan fingerprint density at radius 3 is 2.43 bits per heavy atom. The Labute approximate surface area is 176 Å². The number of sulfonamides is 1. The normalized spacial score (nSPS) is 18.9. The number of fused-ring (bicyclic) bond motifs is 1. The van der Waals surface area contributed by atoms with E-state index in [0.29, 0.717) is 23.5 Å². The Bertz CT molecular complexity index is 1010. The molecule has 2 N–H and O–H groups in total. The van der Waals surface area contributed by atoms with E-state index in [-0.39, 0.29) is 17.9 Å². The van der Waals surface area contributed by atoms with Crippen LogP contribution in [0.5, 0.6) is 11.5 Å². The minimum absolute atomic E-state index is 0.0923. The molecule has 30 heavy (non-hydrogen) atoms. The van der Waals surface area contributed by atoms with Crippen molar-refractivity contribution in [3.8, 4) is 11.5 Å². The fraction of sp³-hybridized carbons (Fsp3) is 0.381. The SMILES string of the molecule is COc1cc2c(cc1OC)S(=O)(=O)N(C)[C@@H](C(=O)N[C@H](CO)Cc1ccccc1)C2. The predicted octanol–water partition coefficient (Wildman–Crippen LogP) is 0.969. The lowest BCUT2D eigenvalue weighted by Gasteiger charge is -2.33. The van der Waals surface area contributed by atoms with Crippen LogP contribution in [-0.4, -0.2) is 63.7 Å². The Morgan fingerprint density at radius 1 is 1.20 bits per heavy atom. The number of hydrogen-bond donors (Lipinski definition) is 2. The van der Waals surface area contributed by atoms with E-state index in [1.165, 1.54) is 27.3 Å². The average molecular weight is 435 g/mol. The number of rotatable bonds is 7. The van der Waals surface area contributed by atoms with E-state index in [1.54, 1.807) is 6.07 Å². The van der Waals surface area contributed by atoms with Crippen molar-refractivity contribution in [3.05, 3.63) is 53.6 Å². The zero-order chi connectivity index (χ0) is 21.9. The smallest absolute Gasteiger partial charge is 0.243 e. The molecule has 1 aliphatic heterocycles. The first kappa shape index (κ1) is 22.1. The minimum atomic E-state index is -3.90. The number of benzene rings is 2. The molecule has 2 atom stereocenters. The summed E-state index contributed by atoms with van der Waals surface area (Å²) in [6.07, 6.45) is 0.620. The molecule has 0 fully saturated rings. The topological polar surface area (TPSA) is 105 Å². The zero-order valence-electron chi connectivity index (χ0n) is 17.2. The fourth-order valence-corrected chi connectivity index (χ4v) is 5.12. The van der Waals surface area contributed by atoms with E-state index in [2.05, 4.69) is 5.32 Å². The second-order valence-electron chi connectivity index (χ2n) is 7.13. The average Bonchev–Trinajstić information content (AvgIpc) is 2.75. The number of methoxy groups -OCH3 is 2. The third kappa shape index (κ3) is 4.28. The minimum Gasteiger partial charge on any atom is -0.493 e. The van der Waals surface area contributed by atoms with Gasteiger partial charge in [0.05, 0.1) is 31.8 Å². The van der Waals surface area contributed by atoms with Crippen molar-refractivity contribution >= 4 is 15.9 Å². The maximum absolute atomic E-state index is 13.0. The van der Waals surface area contributed by atoms with Crippen LogP contribution < -0.4 is 14.8 Å². The number of aliphatic hydroxyl groups is 1. The summed E-state index contributed by atoms with van der Waals surface area (Å²) in [5.74, 6) is 0.239. The Morgan fingerprint density at radius 2 is 1.83 bits per heavy atom. The molecule has 1 heterocycles. The fourth-order valence-electron chi connectivity index (χ4n) is 3.58. The molecule has 1 amide bonds. The van der Waals surface area contributed by atoms with Gasteiger partial charge in [0.25, 0.3) is 0 Å². The highest BCUT2D eigenvalue weighted by Gasteiger charge is 2.40. The lowest BCUT2D eigenvalue weighted by atomic mass is 10.0. The number of nitrogens with one attached hydrogen (secondary N) is 1. The van der Waals surface area contributed by atoms with Crippen LogP contribution >= 0.6 is 0 Å². The summed E-state index contributed by atoms with van der Waals surface area (Å²) in [6, 6.07) is 11.0. The number of hydrogen-bond acceptors (Lipinski definition) is 6. The highest BCUT2D eigenvalue weighted by molar-refractivity contribution is 7.89. The molecule has 9 heteroatoms. The predicted molar refractivity (Wildman–Crippen MR) is 111 cm³/mol. The van der Waals surface area contributed by atoms with E-state index in [0.717, 1.165) is 9.87 Å². The van der Waals surface area contributed by atoms with Gasteiger partial charge >= 0.3 is 0 Å². The van der Waals surface area contributed by atoms with Crippen LogP contribution in [0.25, 0.3) is 0 Å². The van der Waals surface area contributed by atoms with Crippen molar-refractivity contribution < 1.29 is 27.8 Å². The summed E-state index contributed by atoms with van der Waals surface area (Å²) in [5, 5.41) is 12.5. The number of nitrogens with zero attached hydrogens (tertiary/aromatic N) is 1. The second kappa shape index (κ2) is 9.03. The van der Waals surface area contributed by atoms with Crippen LogP contribution in [0.1, 0.15) is 11.1 Å².